The van der Waals surface area contributed by atoms with Gasteiger partial charge in [0.1, 0.15) is 0 Å². The summed E-state index contributed by atoms with van der Waals surface area (Å²) in [6, 6.07) is 9.45. The van der Waals surface area contributed by atoms with Crippen molar-refractivity contribution >= 4 is 22.6 Å². The van der Waals surface area contributed by atoms with Crippen molar-refractivity contribution in [1.29, 1.82) is 0 Å². The Morgan fingerprint density at radius 2 is 1.95 bits per heavy atom. The molecule has 0 aliphatic heterocycles. The fourth-order valence-electron chi connectivity index (χ4n) is 2.42. The third-order valence-corrected chi connectivity index (χ3v) is 3.71. The predicted molar refractivity (Wildman–Crippen MR) is 91.2 cm³/mol. The van der Waals surface area contributed by atoms with Crippen molar-refractivity contribution in [3.05, 3.63) is 36.5 Å². The second-order valence-corrected chi connectivity index (χ2v) is 5.14. The van der Waals surface area contributed by atoms with Crippen molar-refractivity contribution in [2.75, 3.05) is 31.5 Å². The molecule has 1 aromatic heterocycles. The average molecular weight is 300 g/mol. The van der Waals surface area contributed by atoms with Gasteiger partial charge in [0.2, 0.25) is 0 Å². The van der Waals surface area contributed by atoms with E-state index in [4.69, 9.17) is 0 Å². The zero-order chi connectivity index (χ0) is 15.8. The van der Waals surface area contributed by atoms with Crippen molar-refractivity contribution in [2.24, 2.45) is 0 Å². The monoisotopic (exact) mass is 300 g/mol. The van der Waals surface area contributed by atoms with E-state index in [-0.39, 0.29) is 6.03 Å². The van der Waals surface area contributed by atoms with Crippen LogP contribution in [0.25, 0.3) is 10.9 Å². The highest BCUT2D eigenvalue weighted by Gasteiger charge is 2.06. The van der Waals surface area contributed by atoms with Gasteiger partial charge in [-0.15, -0.1) is 0 Å². The second-order valence-electron chi connectivity index (χ2n) is 5.14. The van der Waals surface area contributed by atoms with Crippen LogP contribution in [-0.2, 0) is 0 Å². The first-order valence-corrected chi connectivity index (χ1v) is 7.85. The number of nitrogens with zero attached hydrogens (tertiary/aromatic N) is 2. The van der Waals surface area contributed by atoms with Gasteiger partial charge in [-0.2, -0.15) is 0 Å². The van der Waals surface area contributed by atoms with Crippen LogP contribution in [0.4, 0.5) is 10.5 Å². The first kappa shape index (κ1) is 16.2. The molecule has 2 rings (SSSR count). The van der Waals surface area contributed by atoms with Crippen molar-refractivity contribution < 1.29 is 4.79 Å². The largest absolute Gasteiger partial charge is 0.338 e. The highest BCUT2D eigenvalue weighted by atomic mass is 16.2. The lowest BCUT2D eigenvalue weighted by molar-refractivity contribution is 0.250. The van der Waals surface area contributed by atoms with Crippen molar-refractivity contribution in [2.45, 2.75) is 20.3 Å². The van der Waals surface area contributed by atoms with Crippen LogP contribution in [-0.4, -0.2) is 42.1 Å². The van der Waals surface area contributed by atoms with Crippen molar-refractivity contribution in [3.63, 3.8) is 0 Å². The number of anilines is 1. The van der Waals surface area contributed by atoms with Crippen LogP contribution in [0.1, 0.15) is 20.3 Å². The maximum Gasteiger partial charge on any atom is 0.319 e. The van der Waals surface area contributed by atoms with E-state index in [1.54, 1.807) is 6.20 Å². The summed E-state index contributed by atoms with van der Waals surface area (Å²) in [4.78, 5) is 18.6. The van der Waals surface area contributed by atoms with Crippen LogP contribution in [0.5, 0.6) is 0 Å². The highest BCUT2D eigenvalue weighted by Crippen LogP contribution is 2.20. The maximum absolute atomic E-state index is 12.0. The Morgan fingerprint density at radius 1 is 1.18 bits per heavy atom. The molecule has 5 heteroatoms. The number of urea groups is 1. The number of hydrogen-bond donors (Lipinski definition) is 2. The number of pyridine rings is 1. The number of para-hydroxylation sites is 1. The number of aromatic nitrogens is 1. The van der Waals surface area contributed by atoms with Gasteiger partial charge in [0.15, 0.2) is 0 Å². The van der Waals surface area contributed by atoms with Gasteiger partial charge >= 0.3 is 6.03 Å². The second kappa shape index (κ2) is 8.34. The van der Waals surface area contributed by atoms with Gasteiger partial charge in [0.05, 0.1) is 11.2 Å². The number of rotatable bonds is 7. The standard InChI is InChI=1S/C17H24N4O/c1-3-21(4-2)13-7-12-19-17(22)20-15-10-5-8-14-9-6-11-18-16(14)15/h5-6,8-11H,3-4,7,12-13H2,1-2H3,(H2,19,20,22). The normalized spacial score (nSPS) is 10.9. The Labute approximate surface area is 131 Å². The SMILES string of the molecule is CCN(CC)CCCNC(=O)Nc1cccc2cccnc12. The molecule has 0 aliphatic rings. The molecule has 0 bridgehead atoms. The molecule has 0 fully saturated rings. The Hall–Kier alpha value is -2.14. The zero-order valence-electron chi connectivity index (χ0n) is 13.3. The molecule has 1 heterocycles. The van der Waals surface area contributed by atoms with E-state index in [0.717, 1.165) is 42.6 Å². The molecule has 0 spiro atoms. The predicted octanol–water partition coefficient (Wildman–Crippen LogP) is 3.09. The summed E-state index contributed by atoms with van der Waals surface area (Å²) in [6.07, 6.45) is 2.68. The Morgan fingerprint density at radius 3 is 2.73 bits per heavy atom. The third-order valence-electron chi connectivity index (χ3n) is 3.71. The number of nitrogens with one attached hydrogen (secondary N) is 2. The third kappa shape index (κ3) is 4.43. The number of fused-ring (bicyclic) bond motifs is 1. The molecule has 0 radical (unpaired) electrons. The lowest BCUT2D eigenvalue weighted by Crippen LogP contribution is -2.32. The van der Waals surface area contributed by atoms with Gasteiger partial charge in [-0.05, 0) is 38.2 Å². The van der Waals surface area contributed by atoms with Gasteiger partial charge in [-0.3, -0.25) is 4.98 Å². The lowest BCUT2D eigenvalue weighted by Gasteiger charge is -2.17. The van der Waals surface area contributed by atoms with Gasteiger partial charge in [0.25, 0.3) is 0 Å². The summed E-state index contributed by atoms with van der Waals surface area (Å²) in [5.41, 5.74) is 1.54. The van der Waals surface area contributed by atoms with Crippen LogP contribution in [0.2, 0.25) is 0 Å². The molecule has 0 saturated carbocycles. The van der Waals surface area contributed by atoms with E-state index >= 15 is 0 Å². The van der Waals surface area contributed by atoms with Crippen LogP contribution in [0, 0.1) is 0 Å². The zero-order valence-corrected chi connectivity index (χ0v) is 13.3. The molecular weight excluding hydrogens is 276 g/mol. The molecule has 1 aromatic carbocycles. The number of benzene rings is 1. The summed E-state index contributed by atoms with van der Waals surface area (Å²) >= 11 is 0. The number of carbonyl (C=O) groups excluding carboxylic acids is 1. The first-order chi connectivity index (χ1) is 10.7. The average Bonchev–Trinajstić information content (AvgIpc) is 2.55. The molecule has 0 aliphatic carbocycles. The minimum absolute atomic E-state index is 0.183. The van der Waals surface area contributed by atoms with E-state index < -0.39 is 0 Å². The topological polar surface area (TPSA) is 57.3 Å². The maximum atomic E-state index is 12.0. The molecule has 2 amide bonds. The Kier molecular flexibility index (Phi) is 6.15. The van der Waals surface area contributed by atoms with Gasteiger partial charge < -0.3 is 15.5 Å². The smallest absolute Gasteiger partial charge is 0.319 e. The van der Waals surface area contributed by atoms with Gasteiger partial charge in [-0.25, -0.2) is 4.79 Å². The van der Waals surface area contributed by atoms with Crippen molar-refractivity contribution in [3.8, 4) is 0 Å². The molecule has 0 saturated heterocycles. The van der Waals surface area contributed by atoms with Crippen molar-refractivity contribution in [1.82, 2.24) is 15.2 Å². The molecule has 5 nitrogen and oxygen atoms in total. The van der Waals surface area contributed by atoms with E-state index in [9.17, 15) is 4.79 Å². The molecule has 2 aromatic rings. The quantitative estimate of drug-likeness (QED) is 0.773. The number of hydrogen-bond acceptors (Lipinski definition) is 3. The first-order valence-electron chi connectivity index (χ1n) is 7.85. The van der Waals surface area contributed by atoms with Gasteiger partial charge in [0, 0.05) is 18.1 Å². The van der Waals surface area contributed by atoms with E-state index in [2.05, 4.69) is 34.4 Å². The van der Waals surface area contributed by atoms with E-state index in [0.29, 0.717) is 6.54 Å². The van der Waals surface area contributed by atoms with E-state index in [1.165, 1.54) is 0 Å². The molecule has 118 valence electrons. The number of carbonyl (C=O) groups is 1. The summed E-state index contributed by atoms with van der Waals surface area (Å²) in [5, 5.41) is 6.79. The Bertz CT molecular complexity index is 605. The van der Waals surface area contributed by atoms with Gasteiger partial charge in [-0.1, -0.05) is 32.0 Å². The van der Waals surface area contributed by atoms with Crippen LogP contribution in [0.3, 0.4) is 0 Å². The highest BCUT2D eigenvalue weighted by molar-refractivity contribution is 5.99. The summed E-state index contributed by atoms with van der Waals surface area (Å²) in [5.74, 6) is 0. The minimum Gasteiger partial charge on any atom is -0.338 e. The van der Waals surface area contributed by atoms with Crippen LogP contribution in [0.15, 0.2) is 36.5 Å². The summed E-state index contributed by atoms with van der Waals surface area (Å²) in [7, 11) is 0. The fraction of sp³-hybridized carbons (Fsp3) is 0.412. The molecule has 0 atom stereocenters. The van der Waals surface area contributed by atoms with Crippen LogP contribution < -0.4 is 10.6 Å². The summed E-state index contributed by atoms with van der Waals surface area (Å²) < 4.78 is 0. The summed E-state index contributed by atoms with van der Waals surface area (Å²) in [6.45, 7) is 8.06. The van der Waals surface area contributed by atoms with Crippen LogP contribution >= 0.6 is 0 Å². The van der Waals surface area contributed by atoms with E-state index in [1.807, 2.05) is 30.3 Å². The molecule has 22 heavy (non-hydrogen) atoms. The minimum atomic E-state index is -0.183. The molecule has 0 unspecified atom stereocenters. The molecular formula is C17H24N4O. The lowest BCUT2D eigenvalue weighted by atomic mass is 10.2. The number of amides is 2. The Balaban J connectivity index is 1.84. The molecule has 2 N–H and O–H groups in total. The fourth-order valence-corrected chi connectivity index (χ4v) is 2.42.